The van der Waals surface area contributed by atoms with Crippen molar-refractivity contribution in [2.45, 2.75) is 45.1 Å². The van der Waals surface area contributed by atoms with Gasteiger partial charge in [-0.1, -0.05) is 13.3 Å². The lowest BCUT2D eigenvalue weighted by atomic mass is 10.1. The van der Waals surface area contributed by atoms with Crippen LogP contribution >= 0.6 is 0 Å². The lowest BCUT2D eigenvalue weighted by Gasteiger charge is -2.23. The first-order valence-electron chi connectivity index (χ1n) is 7.89. The van der Waals surface area contributed by atoms with Gasteiger partial charge in [-0.3, -0.25) is 4.99 Å². The standard InChI is InChI=1S/C15H31N3O2/c1-4-5-10-18(3)15(16-2)17-9-6-11-20-14-7-12-19-13-8-14/h14H,4-13H2,1-3H3,(H,16,17). The van der Waals surface area contributed by atoms with Crippen LogP contribution in [0.15, 0.2) is 4.99 Å². The van der Waals surface area contributed by atoms with Gasteiger partial charge in [0, 0.05) is 47.0 Å². The summed E-state index contributed by atoms with van der Waals surface area (Å²) in [6, 6.07) is 0. The summed E-state index contributed by atoms with van der Waals surface area (Å²) >= 11 is 0. The van der Waals surface area contributed by atoms with Gasteiger partial charge in [0.25, 0.3) is 0 Å². The Balaban J connectivity index is 2.06. The molecule has 0 saturated carbocycles. The molecule has 5 heteroatoms. The van der Waals surface area contributed by atoms with E-state index in [1.807, 2.05) is 7.05 Å². The molecule has 20 heavy (non-hydrogen) atoms. The van der Waals surface area contributed by atoms with Gasteiger partial charge < -0.3 is 19.7 Å². The highest BCUT2D eigenvalue weighted by molar-refractivity contribution is 5.79. The molecule has 1 saturated heterocycles. The molecule has 1 heterocycles. The molecule has 0 radical (unpaired) electrons. The van der Waals surface area contributed by atoms with Gasteiger partial charge in [0.05, 0.1) is 6.10 Å². The van der Waals surface area contributed by atoms with E-state index in [9.17, 15) is 0 Å². The number of nitrogens with zero attached hydrogens (tertiary/aromatic N) is 2. The lowest BCUT2D eigenvalue weighted by molar-refractivity contribution is -0.0320. The van der Waals surface area contributed by atoms with Gasteiger partial charge in [0.15, 0.2) is 5.96 Å². The number of rotatable bonds is 8. The van der Waals surface area contributed by atoms with E-state index in [2.05, 4.69) is 29.2 Å². The molecule has 118 valence electrons. The van der Waals surface area contributed by atoms with Crippen LogP contribution in [0, 0.1) is 0 Å². The summed E-state index contributed by atoms with van der Waals surface area (Å²) in [5.74, 6) is 0.976. The van der Waals surface area contributed by atoms with Crippen LogP contribution in [0.4, 0.5) is 0 Å². The number of guanidine groups is 1. The highest BCUT2D eigenvalue weighted by Crippen LogP contribution is 2.10. The Labute approximate surface area is 123 Å². The summed E-state index contributed by atoms with van der Waals surface area (Å²) in [5.41, 5.74) is 0. The third kappa shape index (κ3) is 7.10. The molecule has 0 aromatic rings. The monoisotopic (exact) mass is 285 g/mol. The van der Waals surface area contributed by atoms with Crippen molar-refractivity contribution < 1.29 is 9.47 Å². The summed E-state index contributed by atoms with van der Waals surface area (Å²) in [6.45, 7) is 6.67. The van der Waals surface area contributed by atoms with Gasteiger partial charge in [-0.15, -0.1) is 0 Å². The molecule has 0 spiro atoms. The average molecular weight is 285 g/mol. The van der Waals surface area contributed by atoms with Crippen LogP contribution < -0.4 is 5.32 Å². The first-order chi connectivity index (χ1) is 9.77. The molecule has 1 aliphatic heterocycles. The maximum absolute atomic E-state index is 5.85. The van der Waals surface area contributed by atoms with Crippen LogP contribution in [0.1, 0.15) is 39.0 Å². The fraction of sp³-hybridized carbons (Fsp3) is 0.933. The van der Waals surface area contributed by atoms with Crippen LogP contribution in [0.5, 0.6) is 0 Å². The van der Waals surface area contributed by atoms with Crippen LogP contribution in [0.3, 0.4) is 0 Å². The van der Waals surface area contributed by atoms with E-state index in [1.165, 1.54) is 12.8 Å². The zero-order valence-electron chi connectivity index (χ0n) is 13.4. The van der Waals surface area contributed by atoms with Gasteiger partial charge in [0.1, 0.15) is 0 Å². The molecular weight excluding hydrogens is 254 g/mol. The van der Waals surface area contributed by atoms with Crippen molar-refractivity contribution in [3.63, 3.8) is 0 Å². The van der Waals surface area contributed by atoms with Gasteiger partial charge in [-0.05, 0) is 25.7 Å². The largest absolute Gasteiger partial charge is 0.381 e. The Kier molecular flexibility index (Phi) is 9.41. The molecule has 0 aliphatic carbocycles. The number of ether oxygens (including phenoxy) is 2. The first-order valence-corrected chi connectivity index (χ1v) is 7.89. The minimum Gasteiger partial charge on any atom is -0.381 e. The van der Waals surface area contributed by atoms with Crippen molar-refractivity contribution >= 4 is 5.96 Å². The number of hydrogen-bond acceptors (Lipinski definition) is 3. The van der Waals surface area contributed by atoms with E-state index >= 15 is 0 Å². The van der Waals surface area contributed by atoms with Gasteiger partial charge in [-0.25, -0.2) is 0 Å². The van der Waals surface area contributed by atoms with Crippen LogP contribution in [-0.2, 0) is 9.47 Å². The molecule has 0 atom stereocenters. The fourth-order valence-electron chi connectivity index (χ4n) is 2.25. The topological polar surface area (TPSA) is 46.1 Å². The highest BCUT2D eigenvalue weighted by Gasteiger charge is 2.13. The zero-order chi connectivity index (χ0) is 14.6. The summed E-state index contributed by atoms with van der Waals surface area (Å²) in [4.78, 5) is 6.49. The normalized spacial score (nSPS) is 17.2. The SMILES string of the molecule is CCCCN(C)C(=NC)NCCCOC1CCOCC1. The zero-order valence-corrected chi connectivity index (χ0v) is 13.4. The highest BCUT2D eigenvalue weighted by atomic mass is 16.5. The summed E-state index contributed by atoms with van der Waals surface area (Å²) in [5, 5.41) is 3.39. The van der Waals surface area contributed by atoms with Crippen molar-refractivity contribution in [1.82, 2.24) is 10.2 Å². The first kappa shape index (κ1) is 17.2. The van der Waals surface area contributed by atoms with Crippen molar-refractivity contribution in [2.24, 2.45) is 4.99 Å². The Hall–Kier alpha value is -0.810. The molecule has 5 nitrogen and oxygen atoms in total. The number of hydrogen-bond donors (Lipinski definition) is 1. The Bertz CT molecular complexity index is 266. The Morgan fingerprint density at radius 1 is 1.35 bits per heavy atom. The van der Waals surface area contributed by atoms with E-state index in [-0.39, 0.29) is 0 Å². The second-order valence-corrected chi connectivity index (χ2v) is 5.29. The quantitative estimate of drug-likeness (QED) is 0.420. The molecule has 0 amide bonds. The molecule has 1 aliphatic rings. The molecule has 1 N–H and O–H groups in total. The summed E-state index contributed by atoms with van der Waals surface area (Å²) in [6.07, 6.45) is 5.89. The van der Waals surface area contributed by atoms with E-state index in [1.54, 1.807) is 0 Å². The molecule has 1 fully saturated rings. The second kappa shape index (κ2) is 10.9. The van der Waals surface area contributed by atoms with E-state index in [4.69, 9.17) is 9.47 Å². The maximum atomic E-state index is 5.85. The van der Waals surface area contributed by atoms with Crippen LogP contribution in [-0.4, -0.2) is 64.0 Å². The smallest absolute Gasteiger partial charge is 0.193 e. The summed E-state index contributed by atoms with van der Waals surface area (Å²) in [7, 11) is 3.92. The van der Waals surface area contributed by atoms with E-state index in [0.717, 1.165) is 58.1 Å². The third-order valence-corrected chi connectivity index (χ3v) is 3.55. The van der Waals surface area contributed by atoms with E-state index < -0.39 is 0 Å². The molecule has 1 rings (SSSR count). The predicted molar refractivity (Wildman–Crippen MR) is 83.3 cm³/mol. The molecule has 0 unspecified atom stereocenters. The molecular formula is C15H31N3O2. The van der Waals surface area contributed by atoms with Gasteiger partial charge in [-0.2, -0.15) is 0 Å². The van der Waals surface area contributed by atoms with Crippen molar-refractivity contribution in [2.75, 3.05) is 47.0 Å². The van der Waals surface area contributed by atoms with Gasteiger partial charge in [0.2, 0.25) is 0 Å². The molecule has 0 bridgehead atoms. The maximum Gasteiger partial charge on any atom is 0.193 e. The van der Waals surface area contributed by atoms with Crippen molar-refractivity contribution in [1.29, 1.82) is 0 Å². The molecule has 0 aromatic heterocycles. The molecule has 0 aromatic carbocycles. The fourth-order valence-corrected chi connectivity index (χ4v) is 2.25. The predicted octanol–water partition coefficient (Wildman–Crippen LogP) is 1.88. The number of aliphatic imine (C=N–C) groups is 1. The number of unbranched alkanes of at least 4 members (excludes halogenated alkanes) is 1. The summed E-state index contributed by atoms with van der Waals surface area (Å²) < 4.78 is 11.2. The number of nitrogens with one attached hydrogen (secondary N) is 1. The van der Waals surface area contributed by atoms with E-state index in [0.29, 0.717) is 6.10 Å². The van der Waals surface area contributed by atoms with Crippen molar-refractivity contribution in [3.8, 4) is 0 Å². The second-order valence-electron chi connectivity index (χ2n) is 5.29. The van der Waals surface area contributed by atoms with Crippen LogP contribution in [0.2, 0.25) is 0 Å². The Morgan fingerprint density at radius 2 is 2.10 bits per heavy atom. The van der Waals surface area contributed by atoms with Crippen molar-refractivity contribution in [3.05, 3.63) is 0 Å². The average Bonchev–Trinajstić information content (AvgIpc) is 2.49. The minimum atomic E-state index is 0.398. The van der Waals surface area contributed by atoms with Crippen LogP contribution in [0.25, 0.3) is 0 Å². The third-order valence-electron chi connectivity index (χ3n) is 3.55. The van der Waals surface area contributed by atoms with Gasteiger partial charge >= 0.3 is 0 Å². The lowest BCUT2D eigenvalue weighted by Crippen LogP contribution is -2.40. The minimum absolute atomic E-state index is 0.398. The Morgan fingerprint density at radius 3 is 2.75 bits per heavy atom.